The smallest absolute Gasteiger partial charge is 0.250 e. The minimum absolute atomic E-state index is 0.0717. The molecule has 108 valence electrons. The highest BCUT2D eigenvalue weighted by Crippen LogP contribution is 2.22. The summed E-state index contributed by atoms with van der Waals surface area (Å²) in [4.78, 5) is 3.41. The van der Waals surface area contributed by atoms with Crippen molar-refractivity contribution < 1.29 is 8.42 Å². The van der Waals surface area contributed by atoms with E-state index in [2.05, 4.69) is 23.5 Å². The molecule has 0 unspecified atom stereocenters. The van der Waals surface area contributed by atoms with E-state index in [-0.39, 0.29) is 6.04 Å². The van der Waals surface area contributed by atoms with Crippen LogP contribution in [0.15, 0.2) is 16.3 Å². The van der Waals surface area contributed by atoms with Gasteiger partial charge in [0, 0.05) is 17.0 Å². The third kappa shape index (κ3) is 3.78. The Morgan fingerprint density at radius 2 is 1.95 bits per heavy atom. The van der Waals surface area contributed by atoms with Gasteiger partial charge in [-0.2, -0.15) is 0 Å². The van der Waals surface area contributed by atoms with Gasteiger partial charge in [0.1, 0.15) is 4.21 Å². The van der Waals surface area contributed by atoms with Crippen molar-refractivity contribution >= 4 is 21.4 Å². The Balaban J connectivity index is 1.95. The second kappa shape index (κ2) is 5.91. The van der Waals surface area contributed by atoms with E-state index in [9.17, 15) is 8.42 Å². The number of rotatable bonds is 4. The molecule has 6 heteroatoms. The molecule has 2 rings (SSSR count). The normalized spacial score (nSPS) is 19.2. The van der Waals surface area contributed by atoms with E-state index < -0.39 is 10.0 Å². The van der Waals surface area contributed by atoms with Crippen molar-refractivity contribution in [2.75, 3.05) is 13.1 Å². The van der Waals surface area contributed by atoms with Crippen LogP contribution in [0.3, 0.4) is 0 Å². The molecule has 0 saturated carbocycles. The van der Waals surface area contributed by atoms with E-state index in [0.717, 1.165) is 30.8 Å². The first-order valence-corrected chi connectivity index (χ1v) is 9.01. The maximum absolute atomic E-state index is 12.2. The number of likely N-dealkylation sites (tertiary alicyclic amines) is 1. The van der Waals surface area contributed by atoms with Crippen LogP contribution in [0.1, 0.15) is 31.6 Å². The lowest BCUT2D eigenvalue weighted by Gasteiger charge is -2.34. The summed E-state index contributed by atoms with van der Waals surface area (Å²) in [7, 11) is -3.33. The highest BCUT2D eigenvalue weighted by molar-refractivity contribution is 7.91. The maximum Gasteiger partial charge on any atom is 0.250 e. The van der Waals surface area contributed by atoms with E-state index in [1.165, 1.54) is 11.3 Å². The fourth-order valence-corrected chi connectivity index (χ4v) is 4.97. The van der Waals surface area contributed by atoms with Gasteiger partial charge in [0.15, 0.2) is 0 Å². The number of piperidine rings is 1. The fourth-order valence-electron chi connectivity index (χ4n) is 2.37. The zero-order valence-electron chi connectivity index (χ0n) is 11.7. The standard InChI is InChI=1S/C13H22N2O2S2/c1-10(2)15-8-6-12(7-9-15)14-19(16,17)13-5-4-11(3)18-13/h4-5,10,12,14H,6-9H2,1-3H3. The number of nitrogens with one attached hydrogen (secondary N) is 1. The average Bonchev–Trinajstić information content (AvgIpc) is 2.77. The number of nitrogens with zero attached hydrogens (tertiary/aromatic N) is 1. The molecule has 0 atom stereocenters. The zero-order chi connectivity index (χ0) is 14.0. The molecule has 1 fully saturated rings. The zero-order valence-corrected chi connectivity index (χ0v) is 13.4. The number of hydrogen-bond acceptors (Lipinski definition) is 4. The lowest BCUT2D eigenvalue weighted by atomic mass is 10.1. The van der Waals surface area contributed by atoms with E-state index >= 15 is 0 Å². The highest BCUT2D eigenvalue weighted by Gasteiger charge is 2.26. The summed E-state index contributed by atoms with van der Waals surface area (Å²) in [5.74, 6) is 0. The second-order valence-corrected chi connectivity index (χ2v) is 8.62. The Morgan fingerprint density at radius 3 is 2.42 bits per heavy atom. The van der Waals surface area contributed by atoms with Crippen molar-refractivity contribution in [1.82, 2.24) is 9.62 Å². The quantitative estimate of drug-likeness (QED) is 0.927. The van der Waals surface area contributed by atoms with Gasteiger partial charge in [-0.05, 0) is 58.8 Å². The van der Waals surface area contributed by atoms with Crippen LogP contribution in [-0.2, 0) is 10.0 Å². The van der Waals surface area contributed by atoms with Gasteiger partial charge in [-0.3, -0.25) is 0 Å². The number of hydrogen-bond donors (Lipinski definition) is 1. The Labute approximate surface area is 119 Å². The van der Waals surface area contributed by atoms with Gasteiger partial charge in [0.2, 0.25) is 10.0 Å². The SMILES string of the molecule is Cc1ccc(S(=O)(=O)NC2CCN(C(C)C)CC2)s1. The summed E-state index contributed by atoms with van der Waals surface area (Å²) in [5, 5.41) is 0. The molecule has 4 nitrogen and oxygen atoms in total. The van der Waals surface area contributed by atoms with Crippen molar-refractivity contribution in [2.45, 2.75) is 49.9 Å². The van der Waals surface area contributed by atoms with Gasteiger partial charge in [0.25, 0.3) is 0 Å². The Hall–Kier alpha value is -0.430. The summed E-state index contributed by atoms with van der Waals surface area (Å²) in [6.07, 6.45) is 1.78. The van der Waals surface area contributed by atoms with Crippen molar-refractivity contribution in [3.8, 4) is 0 Å². The molecule has 1 aliphatic rings. The molecule has 0 spiro atoms. The molecular formula is C13H22N2O2S2. The Morgan fingerprint density at radius 1 is 1.32 bits per heavy atom. The molecule has 1 saturated heterocycles. The van der Waals surface area contributed by atoms with Gasteiger partial charge in [-0.15, -0.1) is 11.3 Å². The van der Waals surface area contributed by atoms with E-state index in [1.54, 1.807) is 6.07 Å². The van der Waals surface area contributed by atoms with Gasteiger partial charge < -0.3 is 4.90 Å². The first-order valence-electron chi connectivity index (χ1n) is 6.71. The summed E-state index contributed by atoms with van der Waals surface area (Å²) in [5.41, 5.74) is 0. The monoisotopic (exact) mass is 302 g/mol. The van der Waals surface area contributed by atoms with Crippen LogP contribution in [0, 0.1) is 6.92 Å². The van der Waals surface area contributed by atoms with Crippen LogP contribution in [0.25, 0.3) is 0 Å². The molecular weight excluding hydrogens is 280 g/mol. The van der Waals surface area contributed by atoms with Gasteiger partial charge in [-0.25, -0.2) is 13.1 Å². The molecule has 2 heterocycles. The molecule has 1 N–H and O–H groups in total. The van der Waals surface area contributed by atoms with Crippen LogP contribution < -0.4 is 4.72 Å². The largest absolute Gasteiger partial charge is 0.301 e. The van der Waals surface area contributed by atoms with Crippen LogP contribution >= 0.6 is 11.3 Å². The minimum Gasteiger partial charge on any atom is -0.301 e. The Bertz CT molecular complexity index is 515. The van der Waals surface area contributed by atoms with Crippen molar-refractivity contribution in [3.05, 3.63) is 17.0 Å². The third-order valence-corrected chi connectivity index (χ3v) is 6.58. The minimum atomic E-state index is -3.33. The van der Waals surface area contributed by atoms with Crippen LogP contribution in [-0.4, -0.2) is 38.5 Å². The summed E-state index contributed by atoms with van der Waals surface area (Å²) in [6, 6.07) is 4.14. The van der Waals surface area contributed by atoms with Gasteiger partial charge in [-0.1, -0.05) is 0 Å². The molecule has 19 heavy (non-hydrogen) atoms. The molecule has 1 aromatic rings. The van der Waals surface area contributed by atoms with Crippen LogP contribution in [0.5, 0.6) is 0 Å². The summed E-state index contributed by atoms with van der Waals surface area (Å²) in [6.45, 7) is 8.21. The van der Waals surface area contributed by atoms with Crippen molar-refractivity contribution in [1.29, 1.82) is 0 Å². The fraction of sp³-hybridized carbons (Fsp3) is 0.692. The second-order valence-electron chi connectivity index (χ2n) is 5.39. The van der Waals surface area contributed by atoms with Crippen molar-refractivity contribution in [3.63, 3.8) is 0 Å². The first-order chi connectivity index (χ1) is 8.88. The molecule has 0 amide bonds. The predicted molar refractivity (Wildman–Crippen MR) is 79.1 cm³/mol. The molecule has 0 radical (unpaired) electrons. The maximum atomic E-state index is 12.2. The molecule has 1 aliphatic heterocycles. The summed E-state index contributed by atoms with van der Waals surface area (Å²) < 4.78 is 27.7. The number of aryl methyl sites for hydroxylation is 1. The summed E-state index contributed by atoms with van der Waals surface area (Å²) >= 11 is 1.33. The van der Waals surface area contributed by atoms with E-state index in [0.29, 0.717) is 10.3 Å². The topological polar surface area (TPSA) is 49.4 Å². The van der Waals surface area contributed by atoms with Gasteiger partial charge >= 0.3 is 0 Å². The van der Waals surface area contributed by atoms with E-state index in [4.69, 9.17) is 0 Å². The number of sulfonamides is 1. The molecule has 0 aromatic carbocycles. The lowest BCUT2D eigenvalue weighted by Crippen LogP contribution is -2.46. The van der Waals surface area contributed by atoms with Crippen LogP contribution in [0.2, 0.25) is 0 Å². The molecule has 0 bridgehead atoms. The first kappa shape index (κ1) is 15.0. The third-order valence-electron chi connectivity index (χ3n) is 3.56. The number of thiophene rings is 1. The lowest BCUT2D eigenvalue weighted by molar-refractivity contribution is 0.168. The van der Waals surface area contributed by atoms with Crippen LogP contribution in [0.4, 0.5) is 0 Å². The average molecular weight is 302 g/mol. The molecule has 1 aromatic heterocycles. The van der Waals surface area contributed by atoms with E-state index in [1.807, 2.05) is 13.0 Å². The highest BCUT2D eigenvalue weighted by atomic mass is 32.2. The van der Waals surface area contributed by atoms with Crippen molar-refractivity contribution in [2.24, 2.45) is 0 Å². The predicted octanol–water partition coefficient (Wildman–Crippen LogP) is 2.21. The molecule has 0 aliphatic carbocycles. The van der Waals surface area contributed by atoms with Gasteiger partial charge in [0.05, 0.1) is 0 Å². The Kier molecular flexibility index (Phi) is 4.66.